The van der Waals surface area contributed by atoms with Gasteiger partial charge in [0.15, 0.2) is 0 Å². The average molecular weight is 326 g/mol. The van der Waals surface area contributed by atoms with Crippen molar-refractivity contribution >= 4 is 15.9 Å². The maximum Gasteiger partial charge on any atom is 0.0802 e. The highest BCUT2D eigenvalue weighted by molar-refractivity contribution is 9.10. The molecule has 0 aliphatic carbocycles. The lowest BCUT2D eigenvalue weighted by molar-refractivity contribution is 0.0907. The minimum absolute atomic E-state index is 0.350. The molecule has 1 fully saturated rings. The highest BCUT2D eigenvalue weighted by atomic mass is 79.9. The molecule has 1 heterocycles. The van der Waals surface area contributed by atoms with E-state index in [0.29, 0.717) is 6.04 Å². The number of hydrogen-bond acceptors (Lipinski definition) is 2. The molecule has 3 unspecified atom stereocenters. The number of aliphatic hydroxyl groups excluding tert-OH is 1. The number of halogens is 1. The van der Waals surface area contributed by atoms with Crippen molar-refractivity contribution in [1.82, 2.24) is 4.90 Å². The third-order valence-electron chi connectivity index (χ3n) is 4.19. The van der Waals surface area contributed by atoms with Gasteiger partial charge in [0, 0.05) is 23.6 Å². The van der Waals surface area contributed by atoms with Crippen LogP contribution in [0.2, 0.25) is 0 Å². The van der Waals surface area contributed by atoms with Crippen molar-refractivity contribution in [1.29, 1.82) is 0 Å². The minimum atomic E-state index is -0.350. The molecule has 3 atom stereocenters. The van der Waals surface area contributed by atoms with E-state index in [0.717, 1.165) is 28.9 Å². The fourth-order valence-electron chi connectivity index (χ4n) is 2.83. The van der Waals surface area contributed by atoms with E-state index in [1.165, 1.54) is 19.4 Å². The van der Waals surface area contributed by atoms with Gasteiger partial charge in [-0.3, -0.25) is 0 Å². The lowest BCUT2D eigenvalue weighted by atomic mass is 9.94. The Morgan fingerprint density at radius 2 is 1.95 bits per heavy atom. The lowest BCUT2D eigenvalue weighted by Gasteiger charge is -2.37. The Kier molecular flexibility index (Phi) is 5.43. The number of aliphatic hydroxyl groups is 1. The van der Waals surface area contributed by atoms with Crippen LogP contribution in [0.1, 0.15) is 44.8 Å². The first kappa shape index (κ1) is 15.0. The summed E-state index contributed by atoms with van der Waals surface area (Å²) in [7, 11) is 0. The molecular weight excluding hydrogens is 302 g/mol. The Hall–Kier alpha value is -0.380. The molecule has 1 aromatic carbocycles. The molecule has 0 spiro atoms. The van der Waals surface area contributed by atoms with Crippen LogP contribution < -0.4 is 0 Å². The molecule has 19 heavy (non-hydrogen) atoms. The number of hydrogen-bond donors (Lipinski definition) is 1. The Balaban J connectivity index is 1.85. The van der Waals surface area contributed by atoms with E-state index in [1.807, 2.05) is 24.3 Å². The maximum absolute atomic E-state index is 10.3. The first-order valence-corrected chi connectivity index (χ1v) is 8.03. The van der Waals surface area contributed by atoms with Crippen LogP contribution in [0.15, 0.2) is 28.7 Å². The largest absolute Gasteiger partial charge is 0.388 e. The van der Waals surface area contributed by atoms with Crippen molar-refractivity contribution in [2.75, 3.05) is 13.1 Å². The third-order valence-corrected chi connectivity index (χ3v) is 4.72. The van der Waals surface area contributed by atoms with Gasteiger partial charge in [0.1, 0.15) is 0 Å². The van der Waals surface area contributed by atoms with Gasteiger partial charge in [0.05, 0.1) is 6.10 Å². The van der Waals surface area contributed by atoms with Gasteiger partial charge < -0.3 is 10.0 Å². The van der Waals surface area contributed by atoms with Crippen LogP contribution >= 0.6 is 15.9 Å². The molecule has 1 N–H and O–H groups in total. The van der Waals surface area contributed by atoms with E-state index in [2.05, 4.69) is 34.7 Å². The zero-order valence-electron chi connectivity index (χ0n) is 11.8. The molecule has 0 amide bonds. The quantitative estimate of drug-likeness (QED) is 0.904. The summed E-state index contributed by atoms with van der Waals surface area (Å²) in [5.41, 5.74) is 1.01. The maximum atomic E-state index is 10.3. The second kappa shape index (κ2) is 6.87. The Morgan fingerprint density at radius 3 is 2.63 bits per heavy atom. The van der Waals surface area contributed by atoms with Gasteiger partial charge in [-0.1, -0.05) is 35.0 Å². The summed E-state index contributed by atoms with van der Waals surface area (Å²) in [5, 5.41) is 10.3. The van der Waals surface area contributed by atoms with Crippen molar-refractivity contribution < 1.29 is 5.11 Å². The van der Waals surface area contributed by atoms with Gasteiger partial charge in [0.25, 0.3) is 0 Å². The van der Waals surface area contributed by atoms with Crippen LogP contribution in [0, 0.1) is 5.92 Å². The van der Waals surface area contributed by atoms with Crippen molar-refractivity contribution in [3.05, 3.63) is 34.3 Å². The van der Waals surface area contributed by atoms with Gasteiger partial charge in [-0.15, -0.1) is 0 Å². The van der Waals surface area contributed by atoms with Crippen molar-refractivity contribution in [2.45, 2.75) is 45.3 Å². The molecule has 0 bridgehead atoms. The first-order valence-electron chi connectivity index (χ1n) is 7.24. The number of likely N-dealkylation sites (tertiary alicyclic amines) is 1. The normalized spacial score (nSPS) is 26.3. The van der Waals surface area contributed by atoms with Crippen LogP contribution in [0.3, 0.4) is 0 Å². The number of piperidine rings is 1. The van der Waals surface area contributed by atoms with Crippen molar-refractivity contribution in [3.8, 4) is 0 Å². The molecule has 3 heteroatoms. The molecule has 106 valence electrons. The summed E-state index contributed by atoms with van der Waals surface area (Å²) in [4.78, 5) is 2.52. The smallest absolute Gasteiger partial charge is 0.0802 e. The summed E-state index contributed by atoms with van der Waals surface area (Å²) in [6.07, 6.45) is 3.10. The van der Waals surface area contributed by atoms with Gasteiger partial charge >= 0.3 is 0 Å². The van der Waals surface area contributed by atoms with E-state index in [9.17, 15) is 5.11 Å². The van der Waals surface area contributed by atoms with E-state index < -0.39 is 0 Å². The van der Waals surface area contributed by atoms with Crippen LogP contribution in [0.25, 0.3) is 0 Å². The number of rotatable bonds is 4. The minimum Gasteiger partial charge on any atom is -0.388 e. The summed E-state index contributed by atoms with van der Waals surface area (Å²) >= 11 is 3.42. The van der Waals surface area contributed by atoms with Crippen LogP contribution in [0.4, 0.5) is 0 Å². The van der Waals surface area contributed by atoms with E-state index in [-0.39, 0.29) is 6.10 Å². The number of benzene rings is 1. The molecule has 1 aromatic rings. The molecule has 1 saturated heterocycles. The fourth-order valence-corrected chi connectivity index (χ4v) is 3.10. The third kappa shape index (κ3) is 4.30. The van der Waals surface area contributed by atoms with E-state index in [4.69, 9.17) is 0 Å². The lowest BCUT2D eigenvalue weighted by Crippen LogP contribution is -2.41. The van der Waals surface area contributed by atoms with Gasteiger partial charge in [-0.2, -0.15) is 0 Å². The highest BCUT2D eigenvalue weighted by Crippen LogP contribution is 2.24. The molecule has 2 nitrogen and oxygen atoms in total. The molecule has 2 rings (SSSR count). The zero-order chi connectivity index (χ0) is 13.8. The van der Waals surface area contributed by atoms with Crippen molar-refractivity contribution in [2.24, 2.45) is 5.92 Å². The highest BCUT2D eigenvalue weighted by Gasteiger charge is 2.23. The van der Waals surface area contributed by atoms with E-state index in [1.54, 1.807) is 0 Å². The van der Waals surface area contributed by atoms with Gasteiger partial charge in [-0.25, -0.2) is 0 Å². The second-order valence-corrected chi connectivity index (χ2v) is 6.80. The van der Waals surface area contributed by atoms with Crippen LogP contribution in [0.5, 0.6) is 0 Å². The Bertz CT molecular complexity index is 392. The zero-order valence-corrected chi connectivity index (χ0v) is 13.4. The molecule has 1 aliphatic rings. The SMILES string of the molecule is CC1CCC(C)N(CCC(O)c2ccc(Br)cc2)C1. The molecule has 1 aliphatic heterocycles. The molecule has 0 saturated carbocycles. The Labute approximate surface area is 124 Å². The molecule has 0 radical (unpaired) electrons. The molecule has 0 aromatic heterocycles. The summed E-state index contributed by atoms with van der Waals surface area (Å²) < 4.78 is 1.06. The topological polar surface area (TPSA) is 23.5 Å². The Morgan fingerprint density at radius 1 is 1.26 bits per heavy atom. The second-order valence-electron chi connectivity index (χ2n) is 5.88. The van der Waals surface area contributed by atoms with Crippen LogP contribution in [-0.4, -0.2) is 29.1 Å². The first-order chi connectivity index (χ1) is 9.06. The summed E-state index contributed by atoms with van der Waals surface area (Å²) in [6.45, 7) is 6.79. The van der Waals surface area contributed by atoms with E-state index >= 15 is 0 Å². The van der Waals surface area contributed by atoms with Crippen molar-refractivity contribution in [3.63, 3.8) is 0 Å². The van der Waals surface area contributed by atoms with Gasteiger partial charge in [0.2, 0.25) is 0 Å². The monoisotopic (exact) mass is 325 g/mol. The molecular formula is C16H24BrNO. The standard InChI is InChI=1S/C16H24BrNO/c1-12-3-4-13(2)18(11-12)10-9-16(19)14-5-7-15(17)8-6-14/h5-8,12-13,16,19H,3-4,9-11H2,1-2H3. The average Bonchev–Trinajstić information content (AvgIpc) is 2.40. The number of nitrogens with zero attached hydrogens (tertiary/aromatic N) is 1. The predicted molar refractivity (Wildman–Crippen MR) is 83.2 cm³/mol. The predicted octanol–water partition coefficient (Wildman–Crippen LogP) is 3.99. The summed E-state index contributed by atoms with van der Waals surface area (Å²) in [5.74, 6) is 0.793. The summed E-state index contributed by atoms with van der Waals surface area (Å²) in [6, 6.07) is 8.63. The van der Waals surface area contributed by atoms with Gasteiger partial charge in [-0.05, 0) is 49.8 Å². The van der Waals surface area contributed by atoms with Crippen LogP contribution in [-0.2, 0) is 0 Å². The fraction of sp³-hybridized carbons (Fsp3) is 0.625.